The quantitative estimate of drug-likeness (QED) is 0.813. The van der Waals surface area contributed by atoms with E-state index in [1.807, 2.05) is 0 Å². The fourth-order valence-corrected chi connectivity index (χ4v) is 2.77. The first kappa shape index (κ1) is 18.8. The molecule has 2 aromatic rings. The van der Waals surface area contributed by atoms with Crippen molar-refractivity contribution in [2.75, 3.05) is 6.54 Å². The summed E-state index contributed by atoms with van der Waals surface area (Å²) in [5, 5.41) is 6.09. The Morgan fingerprint density at radius 1 is 1.26 bits per heavy atom. The zero-order chi connectivity index (χ0) is 19.6. The number of carbonyl (C=O) groups is 2. The molecule has 0 saturated carbocycles. The number of benzene rings is 1. The Kier molecular flexibility index (Phi) is 5.10. The van der Waals surface area contributed by atoms with Crippen LogP contribution in [0.15, 0.2) is 28.8 Å². The van der Waals surface area contributed by atoms with E-state index in [0.29, 0.717) is 16.9 Å². The number of alkyl halides is 3. The summed E-state index contributed by atoms with van der Waals surface area (Å²) in [6, 6.07) is 4.14. The standard InChI is InChI=1S/C16H14F4N4O3/c17-10-5-3-9(4-6-10)13-22-12(27-23-13)8-21-14(25)11-2-1-7-24(11)15(26)16(18,19)20/h3-6,11H,1-2,7-8H2,(H,21,25). The van der Waals surface area contributed by atoms with Crippen LogP contribution in [0.5, 0.6) is 0 Å². The maximum absolute atomic E-state index is 12.9. The van der Waals surface area contributed by atoms with Gasteiger partial charge in [0.1, 0.15) is 11.9 Å². The van der Waals surface area contributed by atoms with Gasteiger partial charge in [0.25, 0.3) is 0 Å². The number of aromatic nitrogens is 2. The highest BCUT2D eigenvalue weighted by Gasteiger charge is 2.47. The molecule has 3 rings (SSSR count). The SMILES string of the molecule is O=C(NCc1nc(-c2ccc(F)cc2)no1)C1CCCN1C(=O)C(F)(F)F. The van der Waals surface area contributed by atoms with Gasteiger partial charge < -0.3 is 14.7 Å². The molecule has 144 valence electrons. The summed E-state index contributed by atoms with van der Waals surface area (Å²) in [5.74, 6) is -2.99. The van der Waals surface area contributed by atoms with E-state index in [0.717, 1.165) is 0 Å². The van der Waals surface area contributed by atoms with Gasteiger partial charge in [0.2, 0.25) is 17.6 Å². The van der Waals surface area contributed by atoms with E-state index in [1.165, 1.54) is 24.3 Å². The van der Waals surface area contributed by atoms with Crippen LogP contribution in [0.25, 0.3) is 11.4 Å². The van der Waals surface area contributed by atoms with Gasteiger partial charge in [0.15, 0.2) is 0 Å². The largest absolute Gasteiger partial charge is 0.471 e. The van der Waals surface area contributed by atoms with Crippen molar-refractivity contribution in [2.45, 2.75) is 31.6 Å². The third-order valence-corrected chi connectivity index (χ3v) is 4.04. The third-order valence-electron chi connectivity index (χ3n) is 4.04. The molecule has 7 nitrogen and oxygen atoms in total. The van der Waals surface area contributed by atoms with Crippen LogP contribution in [0, 0.1) is 5.82 Å². The van der Waals surface area contributed by atoms with Crippen molar-refractivity contribution in [1.82, 2.24) is 20.4 Å². The molecular weight excluding hydrogens is 372 g/mol. The summed E-state index contributed by atoms with van der Waals surface area (Å²) in [6.07, 6.45) is -4.59. The zero-order valence-electron chi connectivity index (χ0n) is 13.8. The maximum atomic E-state index is 12.9. The smallest absolute Gasteiger partial charge is 0.345 e. The molecule has 1 saturated heterocycles. The highest BCUT2D eigenvalue weighted by molar-refractivity contribution is 5.90. The number of nitrogens with zero attached hydrogens (tertiary/aromatic N) is 3. The molecule has 2 heterocycles. The van der Waals surface area contributed by atoms with E-state index in [-0.39, 0.29) is 31.2 Å². The van der Waals surface area contributed by atoms with Crippen molar-refractivity contribution < 1.29 is 31.7 Å². The fraction of sp³-hybridized carbons (Fsp3) is 0.375. The van der Waals surface area contributed by atoms with Crippen molar-refractivity contribution in [3.8, 4) is 11.4 Å². The molecule has 1 fully saturated rings. The molecule has 1 N–H and O–H groups in total. The van der Waals surface area contributed by atoms with E-state index in [1.54, 1.807) is 0 Å². The summed E-state index contributed by atoms with van der Waals surface area (Å²) in [5.41, 5.74) is 0.496. The van der Waals surface area contributed by atoms with Crippen LogP contribution in [0.2, 0.25) is 0 Å². The second kappa shape index (κ2) is 7.33. The lowest BCUT2D eigenvalue weighted by atomic mass is 10.2. The molecule has 0 radical (unpaired) electrons. The molecule has 11 heteroatoms. The number of halogens is 4. The van der Waals surface area contributed by atoms with Crippen molar-refractivity contribution in [1.29, 1.82) is 0 Å². The lowest BCUT2D eigenvalue weighted by Gasteiger charge is -2.24. The molecule has 1 aliphatic rings. The molecule has 2 amide bonds. The monoisotopic (exact) mass is 386 g/mol. The molecular formula is C16H14F4N4O3. The number of likely N-dealkylation sites (tertiary alicyclic amines) is 1. The molecule has 1 aromatic carbocycles. The van der Waals surface area contributed by atoms with E-state index < -0.39 is 29.8 Å². The maximum Gasteiger partial charge on any atom is 0.471 e. The predicted octanol–water partition coefficient (Wildman–Crippen LogP) is 2.05. The lowest BCUT2D eigenvalue weighted by molar-refractivity contribution is -0.186. The molecule has 1 unspecified atom stereocenters. The number of nitrogens with one attached hydrogen (secondary N) is 1. The Labute approximate surface area is 150 Å². The average Bonchev–Trinajstić information content (AvgIpc) is 3.28. The first-order valence-corrected chi connectivity index (χ1v) is 8.00. The molecule has 0 bridgehead atoms. The summed E-state index contributed by atoms with van der Waals surface area (Å²) >= 11 is 0. The topological polar surface area (TPSA) is 88.3 Å². The lowest BCUT2D eigenvalue weighted by Crippen LogP contribution is -2.50. The van der Waals surface area contributed by atoms with Gasteiger partial charge in [-0.1, -0.05) is 5.16 Å². The van der Waals surface area contributed by atoms with Crippen molar-refractivity contribution in [3.05, 3.63) is 36.0 Å². The Hall–Kier alpha value is -2.98. The second-order valence-corrected chi connectivity index (χ2v) is 5.89. The Balaban J connectivity index is 1.61. The van der Waals surface area contributed by atoms with Gasteiger partial charge in [-0.15, -0.1) is 0 Å². The number of rotatable bonds is 4. The molecule has 0 spiro atoms. The van der Waals surface area contributed by atoms with Crippen LogP contribution >= 0.6 is 0 Å². The second-order valence-electron chi connectivity index (χ2n) is 5.89. The van der Waals surface area contributed by atoms with Gasteiger partial charge in [-0.25, -0.2) is 4.39 Å². The van der Waals surface area contributed by atoms with Crippen LogP contribution in [-0.2, 0) is 16.1 Å². The van der Waals surface area contributed by atoms with E-state index in [4.69, 9.17) is 4.52 Å². The normalized spacial score (nSPS) is 17.2. The van der Waals surface area contributed by atoms with Gasteiger partial charge in [0.05, 0.1) is 6.54 Å². The van der Waals surface area contributed by atoms with Crippen molar-refractivity contribution >= 4 is 11.8 Å². The number of carbonyl (C=O) groups excluding carboxylic acids is 2. The minimum Gasteiger partial charge on any atom is -0.345 e. The van der Waals surface area contributed by atoms with Crippen LogP contribution in [0.1, 0.15) is 18.7 Å². The Morgan fingerprint density at radius 3 is 2.63 bits per heavy atom. The fourth-order valence-electron chi connectivity index (χ4n) is 2.77. The number of hydrogen-bond donors (Lipinski definition) is 1. The molecule has 0 aliphatic carbocycles. The molecule has 1 aliphatic heterocycles. The van der Waals surface area contributed by atoms with Gasteiger partial charge in [-0.05, 0) is 37.1 Å². The molecule has 27 heavy (non-hydrogen) atoms. The minimum atomic E-state index is -5.03. The predicted molar refractivity (Wildman–Crippen MR) is 82.3 cm³/mol. The van der Waals surface area contributed by atoms with Crippen LogP contribution in [0.3, 0.4) is 0 Å². The van der Waals surface area contributed by atoms with E-state index in [9.17, 15) is 27.2 Å². The Bertz CT molecular complexity index is 835. The third kappa shape index (κ3) is 4.23. The van der Waals surface area contributed by atoms with Crippen LogP contribution < -0.4 is 5.32 Å². The minimum absolute atomic E-state index is 0.0226. The number of hydrogen-bond acceptors (Lipinski definition) is 5. The first-order valence-electron chi connectivity index (χ1n) is 8.00. The van der Waals surface area contributed by atoms with E-state index >= 15 is 0 Å². The molecule has 1 atom stereocenters. The highest BCUT2D eigenvalue weighted by Crippen LogP contribution is 2.25. The van der Waals surface area contributed by atoms with Gasteiger partial charge in [0, 0.05) is 12.1 Å². The van der Waals surface area contributed by atoms with Gasteiger partial charge in [-0.2, -0.15) is 18.2 Å². The number of amides is 2. The highest BCUT2D eigenvalue weighted by atomic mass is 19.4. The Morgan fingerprint density at radius 2 is 1.96 bits per heavy atom. The summed E-state index contributed by atoms with van der Waals surface area (Å²) in [4.78, 5) is 28.1. The zero-order valence-corrected chi connectivity index (χ0v) is 13.8. The van der Waals surface area contributed by atoms with Crippen molar-refractivity contribution in [2.24, 2.45) is 0 Å². The first-order chi connectivity index (χ1) is 12.8. The summed E-state index contributed by atoms with van der Waals surface area (Å²) in [6.45, 7) is -0.344. The van der Waals surface area contributed by atoms with Gasteiger partial charge >= 0.3 is 12.1 Å². The molecule has 1 aromatic heterocycles. The van der Waals surface area contributed by atoms with Gasteiger partial charge in [-0.3, -0.25) is 9.59 Å². The average molecular weight is 386 g/mol. The van der Waals surface area contributed by atoms with E-state index in [2.05, 4.69) is 15.5 Å². The summed E-state index contributed by atoms with van der Waals surface area (Å²) in [7, 11) is 0. The van der Waals surface area contributed by atoms with Crippen LogP contribution in [0.4, 0.5) is 17.6 Å². The summed E-state index contributed by atoms with van der Waals surface area (Å²) < 4.78 is 55.7. The van der Waals surface area contributed by atoms with Crippen molar-refractivity contribution in [3.63, 3.8) is 0 Å². The van der Waals surface area contributed by atoms with Crippen LogP contribution in [-0.4, -0.2) is 45.6 Å².